The molecule has 0 saturated carbocycles. The van der Waals surface area contributed by atoms with Gasteiger partial charge in [0.2, 0.25) is 0 Å². The molecule has 0 spiro atoms. The fraction of sp³-hybridized carbons (Fsp3) is 0.421. The highest BCUT2D eigenvalue weighted by Crippen LogP contribution is 2.37. The number of likely N-dealkylation sites (tertiary alicyclic amines) is 1. The van der Waals surface area contributed by atoms with Gasteiger partial charge in [0.15, 0.2) is 0 Å². The summed E-state index contributed by atoms with van der Waals surface area (Å²) in [5.41, 5.74) is 1.50. The van der Waals surface area contributed by atoms with Crippen LogP contribution in [0, 0.1) is 5.41 Å². The van der Waals surface area contributed by atoms with Crippen molar-refractivity contribution in [3.05, 3.63) is 48.7 Å². The van der Waals surface area contributed by atoms with Crippen molar-refractivity contribution in [3.63, 3.8) is 0 Å². The minimum atomic E-state index is -0.659. The van der Waals surface area contributed by atoms with Crippen LogP contribution in [-0.4, -0.2) is 29.1 Å². The molecule has 1 aliphatic heterocycles. The summed E-state index contributed by atoms with van der Waals surface area (Å²) in [5, 5.41) is 10.8. The van der Waals surface area contributed by atoms with Gasteiger partial charge in [0.05, 0.1) is 11.7 Å². The number of allylic oxidation sites excluding steroid dienone is 1. The second-order valence-corrected chi connectivity index (χ2v) is 6.45. The van der Waals surface area contributed by atoms with Gasteiger partial charge in [-0.25, -0.2) is 0 Å². The smallest absolute Gasteiger partial charge is 0.309 e. The van der Waals surface area contributed by atoms with Gasteiger partial charge in [-0.1, -0.05) is 24.3 Å². The minimum absolute atomic E-state index is 0.580. The molecule has 4 nitrogen and oxygen atoms in total. The van der Waals surface area contributed by atoms with Crippen molar-refractivity contribution in [2.75, 3.05) is 13.1 Å². The molecule has 1 fully saturated rings. The summed E-state index contributed by atoms with van der Waals surface area (Å²) in [7, 11) is 0. The average Bonchev–Trinajstić information content (AvgIpc) is 2.97. The molecule has 0 amide bonds. The zero-order valence-electron chi connectivity index (χ0n) is 13.3. The van der Waals surface area contributed by atoms with E-state index in [1.165, 1.54) is 5.56 Å². The van der Waals surface area contributed by atoms with Crippen molar-refractivity contribution in [2.24, 2.45) is 5.41 Å². The molecule has 1 N–H and O–H groups in total. The number of hydrogen-bond donors (Lipinski definition) is 1. The zero-order chi connectivity index (χ0) is 16.3. The number of hydrogen-bond acceptors (Lipinski definition) is 3. The van der Waals surface area contributed by atoms with Gasteiger partial charge in [-0.3, -0.25) is 9.69 Å². The van der Waals surface area contributed by atoms with E-state index in [9.17, 15) is 9.90 Å². The van der Waals surface area contributed by atoms with Crippen LogP contribution >= 0.6 is 0 Å². The minimum Gasteiger partial charge on any atom is -0.481 e. The Morgan fingerprint density at radius 2 is 2.09 bits per heavy atom. The van der Waals surface area contributed by atoms with Gasteiger partial charge < -0.3 is 9.52 Å². The Morgan fingerprint density at radius 3 is 2.78 bits per heavy atom. The molecule has 23 heavy (non-hydrogen) atoms. The van der Waals surface area contributed by atoms with E-state index in [0.717, 1.165) is 37.0 Å². The van der Waals surface area contributed by atoms with Crippen LogP contribution < -0.4 is 0 Å². The van der Waals surface area contributed by atoms with Gasteiger partial charge in [-0.2, -0.15) is 0 Å². The maximum Gasteiger partial charge on any atom is 0.309 e. The molecule has 1 aliphatic rings. The number of para-hydroxylation sites is 1. The van der Waals surface area contributed by atoms with Crippen LogP contribution in [0.25, 0.3) is 11.0 Å². The molecule has 0 radical (unpaired) electrons. The molecule has 0 atom stereocenters. The van der Waals surface area contributed by atoms with Crippen molar-refractivity contribution in [3.8, 4) is 0 Å². The van der Waals surface area contributed by atoms with Crippen LogP contribution in [0.15, 0.2) is 47.6 Å². The van der Waals surface area contributed by atoms with E-state index >= 15 is 0 Å². The molecule has 1 saturated heterocycles. The fourth-order valence-corrected chi connectivity index (χ4v) is 3.48. The lowest BCUT2D eigenvalue weighted by molar-refractivity contribution is -0.152. The predicted molar refractivity (Wildman–Crippen MR) is 90.2 cm³/mol. The number of carboxylic acids is 1. The fourth-order valence-electron chi connectivity index (χ4n) is 3.48. The van der Waals surface area contributed by atoms with E-state index in [-0.39, 0.29) is 0 Å². The molecule has 122 valence electrons. The molecule has 4 heteroatoms. The number of rotatable bonds is 6. The summed E-state index contributed by atoms with van der Waals surface area (Å²) in [6, 6.07) is 8.03. The predicted octanol–water partition coefficient (Wildman–Crippen LogP) is 4.07. The molecule has 0 bridgehead atoms. The first-order valence-corrected chi connectivity index (χ1v) is 8.16. The van der Waals surface area contributed by atoms with Crippen LogP contribution in [0.5, 0.6) is 0 Å². The molecule has 0 unspecified atom stereocenters. The molecule has 2 heterocycles. The Balaban J connectivity index is 1.66. The van der Waals surface area contributed by atoms with Crippen LogP contribution in [0.4, 0.5) is 0 Å². The van der Waals surface area contributed by atoms with Gasteiger partial charge in [0, 0.05) is 17.5 Å². The second kappa shape index (κ2) is 6.59. The van der Waals surface area contributed by atoms with E-state index in [1.54, 1.807) is 0 Å². The lowest BCUT2D eigenvalue weighted by Gasteiger charge is -2.38. The number of aliphatic carboxylic acids is 1. The van der Waals surface area contributed by atoms with E-state index in [0.29, 0.717) is 19.3 Å². The number of piperidine rings is 1. The van der Waals surface area contributed by atoms with Gasteiger partial charge in [0.1, 0.15) is 5.58 Å². The average molecular weight is 313 g/mol. The van der Waals surface area contributed by atoms with Crippen molar-refractivity contribution in [2.45, 2.75) is 32.2 Å². The van der Waals surface area contributed by atoms with Gasteiger partial charge in [-0.05, 0) is 44.8 Å². The highest BCUT2D eigenvalue weighted by atomic mass is 16.4. The van der Waals surface area contributed by atoms with Crippen molar-refractivity contribution < 1.29 is 14.3 Å². The van der Waals surface area contributed by atoms with Crippen molar-refractivity contribution in [1.29, 1.82) is 0 Å². The first-order valence-electron chi connectivity index (χ1n) is 8.16. The molecule has 1 aromatic carbocycles. The molecule has 1 aromatic heterocycles. The number of fused-ring (bicyclic) bond motifs is 1. The van der Waals surface area contributed by atoms with Gasteiger partial charge in [-0.15, -0.1) is 6.58 Å². The summed E-state index contributed by atoms with van der Waals surface area (Å²) in [4.78, 5) is 14.0. The highest BCUT2D eigenvalue weighted by Gasteiger charge is 2.40. The Labute approximate surface area is 136 Å². The SMILES string of the molecule is C=CCCC1(C(=O)O)CCN(Cc2coc3ccccc23)CC1. The summed E-state index contributed by atoms with van der Waals surface area (Å²) in [5.74, 6) is -0.659. The third-order valence-corrected chi connectivity index (χ3v) is 5.05. The Bertz CT molecular complexity index is 695. The number of furan rings is 1. The maximum atomic E-state index is 11.7. The summed E-state index contributed by atoms with van der Waals surface area (Å²) < 4.78 is 5.59. The first-order chi connectivity index (χ1) is 11.1. The Morgan fingerprint density at radius 1 is 1.35 bits per heavy atom. The lowest BCUT2D eigenvalue weighted by Crippen LogP contribution is -2.44. The van der Waals surface area contributed by atoms with Crippen LogP contribution in [0.2, 0.25) is 0 Å². The standard InChI is InChI=1S/C19H23NO3/c1-2-3-8-19(18(21)22)9-11-20(12-10-19)13-15-14-23-17-7-5-4-6-16(15)17/h2,4-7,14H,1,3,8-13H2,(H,21,22). The van der Waals surface area contributed by atoms with Crippen LogP contribution in [0.3, 0.4) is 0 Å². The topological polar surface area (TPSA) is 53.7 Å². The number of carboxylic acid groups (broad SMARTS) is 1. The number of nitrogens with zero attached hydrogens (tertiary/aromatic N) is 1. The largest absolute Gasteiger partial charge is 0.481 e. The van der Waals surface area contributed by atoms with Crippen LogP contribution in [0.1, 0.15) is 31.2 Å². The number of benzene rings is 1. The second-order valence-electron chi connectivity index (χ2n) is 6.45. The Hall–Kier alpha value is -2.07. The van der Waals surface area contributed by atoms with Crippen molar-refractivity contribution in [1.82, 2.24) is 4.90 Å². The zero-order valence-corrected chi connectivity index (χ0v) is 13.3. The third kappa shape index (κ3) is 3.17. The summed E-state index contributed by atoms with van der Waals surface area (Å²) >= 11 is 0. The molecule has 3 rings (SSSR count). The normalized spacial score (nSPS) is 18.1. The van der Waals surface area contributed by atoms with Crippen LogP contribution in [-0.2, 0) is 11.3 Å². The van der Waals surface area contributed by atoms with Crippen molar-refractivity contribution >= 4 is 16.9 Å². The molecule has 0 aliphatic carbocycles. The summed E-state index contributed by atoms with van der Waals surface area (Å²) in [6.45, 7) is 6.15. The van der Waals surface area contributed by atoms with E-state index < -0.39 is 11.4 Å². The quantitative estimate of drug-likeness (QED) is 0.817. The third-order valence-electron chi connectivity index (χ3n) is 5.05. The monoisotopic (exact) mass is 313 g/mol. The van der Waals surface area contributed by atoms with Gasteiger partial charge >= 0.3 is 5.97 Å². The first kappa shape index (κ1) is 15.8. The van der Waals surface area contributed by atoms with E-state index in [1.807, 2.05) is 30.5 Å². The molecular weight excluding hydrogens is 290 g/mol. The lowest BCUT2D eigenvalue weighted by atomic mass is 9.75. The van der Waals surface area contributed by atoms with E-state index in [4.69, 9.17) is 4.42 Å². The summed E-state index contributed by atoms with van der Waals surface area (Å²) in [6.07, 6.45) is 6.49. The Kier molecular flexibility index (Phi) is 4.53. The number of carbonyl (C=O) groups is 1. The van der Waals surface area contributed by atoms with E-state index in [2.05, 4.69) is 17.5 Å². The molecular formula is C19H23NO3. The molecule has 2 aromatic rings. The van der Waals surface area contributed by atoms with Gasteiger partial charge in [0.25, 0.3) is 0 Å². The maximum absolute atomic E-state index is 11.7. The highest BCUT2D eigenvalue weighted by molar-refractivity contribution is 5.80.